The molecule has 20 heavy (non-hydrogen) atoms. The van der Waals surface area contributed by atoms with E-state index in [2.05, 4.69) is 10.3 Å². The van der Waals surface area contributed by atoms with E-state index in [1.54, 1.807) is 6.07 Å². The smallest absolute Gasteiger partial charge is 0.328 e. The summed E-state index contributed by atoms with van der Waals surface area (Å²) in [4.78, 5) is 37.2. The van der Waals surface area contributed by atoms with Gasteiger partial charge in [0.05, 0.1) is 10.4 Å². The Morgan fingerprint density at radius 1 is 1.45 bits per heavy atom. The summed E-state index contributed by atoms with van der Waals surface area (Å²) in [7, 11) is 0. The molecule has 0 fully saturated rings. The zero-order valence-electron chi connectivity index (χ0n) is 10.6. The van der Waals surface area contributed by atoms with Crippen molar-refractivity contribution in [2.45, 2.75) is 19.5 Å². The second kappa shape index (κ2) is 6.06. The van der Waals surface area contributed by atoms with Gasteiger partial charge in [-0.15, -0.1) is 11.3 Å². The summed E-state index contributed by atoms with van der Waals surface area (Å²) < 4.78 is 1.78. The van der Waals surface area contributed by atoms with Crippen LogP contribution in [-0.4, -0.2) is 15.5 Å². The highest BCUT2D eigenvalue weighted by Crippen LogP contribution is 2.26. The van der Waals surface area contributed by atoms with Crippen LogP contribution in [0.3, 0.4) is 0 Å². The largest absolute Gasteiger partial charge is 0.347 e. The van der Waals surface area contributed by atoms with Crippen molar-refractivity contribution in [3.05, 3.63) is 54.4 Å². The summed E-state index contributed by atoms with van der Waals surface area (Å²) in [5, 5.41) is 2.76. The number of hydrogen-bond acceptors (Lipinski definition) is 4. The van der Waals surface area contributed by atoms with Crippen molar-refractivity contribution in [1.29, 1.82) is 0 Å². The number of amides is 1. The lowest BCUT2D eigenvalue weighted by Gasteiger charge is -2.12. The molecule has 2 heterocycles. The van der Waals surface area contributed by atoms with E-state index in [-0.39, 0.29) is 18.5 Å². The van der Waals surface area contributed by atoms with E-state index in [9.17, 15) is 14.4 Å². The minimum atomic E-state index is -0.612. The van der Waals surface area contributed by atoms with Crippen LogP contribution in [0.15, 0.2) is 34.0 Å². The standard InChI is InChI=1S/C12H12ClN3O3S/c1-7(8-2-3-9(13)20-8)14-11(18)6-16-5-4-10(17)15-12(16)19/h2-5,7H,6H2,1H3,(H,14,18)(H,15,17,19)/t7-/m1/s1. The first-order chi connectivity index (χ1) is 9.45. The molecule has 0 spiro atoms. The van der Waals surface area contributed by atoms with Crippen molar-refractivity contribution in [3.63, 3.8) is 0 Å². The first-order valence-electron chi connectivity index (χ1n) is 5.80. The number of aromatic amines is 1. The fraction of sp³-hybridized carbons (Fsp3) is 0.250. The van der Waals surface area contributed by atoms with Crippen LogP contribution in [0.1, 0.15) is 17.8 Å². The molecule has 0 unspecified atom stereocenters. The van der Waals surface area contributed by atoms with Crippen molar-refractivity contribution < 1.29 is 4.79 Å². The number of H-pyrrole nitrogens is 1. The van der Waals surface area contributed by atoms with Crippen LogP contribution >= 0.6 is 22.9 Å². The maximum Gasteiger partial charge on any atom is 0.328 e. The van der Waals surface area contributed by atoms with Gasteiger partial charge in [0.1, 0.15) is 6.54 Å². The highest BCUT2D eigenvalue weighted by Gasteiger charge is 2.12. The van der Waals surface area contributed by atoms with Crippen LogP contribution in [0.4, 0.5) is 0 Å². The van der Waals surface area contributed by atoms with Gasteiger partial charge >= 0.3 is 5.69 Å². The van der Waals surface area contributed by atoms with E-state index in [0.29, 0.717) is 4.34 Å². The predicted molar refractivity (Wildman–Crippen MR) is 77.2 cm³/mol. The van der Waals surface area contributed by atoms with Crippen LogP contribution in [0.2, 0.25) is 4.34 Å². The van der Waals surface area contributed by atoms with Gasteiger partial charge in [0.25, 0.3) is 5.56 Å². The van der Waals surface area contributed by atoms with Crippen molar-refractivity contribution in [2.75, 3.05) is 0 Å². The number of halogens is 1. The van der Waals surface area contributed by atoms with Gasteiger partial charge in [-0.25, -0.2) is 4.79 Å². The molecule has 0 aliphatic rings. The van der Waals surface area contributed by atoms with Gasteiger partial charge < -0.3 is 5.32 Å². The highest BCUT2D eigenvalue weighted by molar-refractivity contribution is 7.16. The number of nitrogens with zero attached hydrogens (tertiary/aromatic N) is 1. The Morgan fingerprint density at radius 2 is 2.20 bits per heavy atom. The van der Waals surface area contributed by atoms with Crippen molar-refractivity contribution >= 4 is 28.8 Å². The Morgan fingerprint density at radius 3 is 2.80 bits per heavy atom. The molecule has 0 radical (unpaired) electrons. The summed E-state index contributed by atoms with van der Waals surface area (Å²) in [5.41, 5.74) is -1.10. The number of rotatable bonds is 4. The second-order valence-electron chi connectivity index (χ2n) is 4.17. The Balaban J connectivity index is 2.02. The summed E-state index contributed by atoms with van der Waals surface area (Å²) in [6.07, 6.45) is 1.29. The molecular formula is C12H12ClN3O3S. The zero-order valence-corrected chi connectivity index (χ0v) is 12.1. The molecular weight excluding hydrogens is 302 g/mol. The SMILES string of the molecule is C[C@@H](NC(=O)Cn1ccc(=O)[nH]c1=O)c1ccc(Cl)s1. The van der Waals surface area contributed by atoms with Gasteiger partial charge in [-0.2, -0.15) is 0 Å². The maximum atomic E-state index is 11.8. The molecule has 2 rings (SSSR count). The Bertz CT molecular complexity index is 734. The topological polar surface area (TPSA) is 84.0 Å². The third-order valence-electron chi connectivity index (χ3n) is 2.61. The highest BCUT2D eigenvalue weighted by atomic mass is 35.5. The molecule has 1 amide bonds. The molecule has 106 valence electrons. The summed E-state index contributed by atoms with van der Waals surface area (Å²) in [6, 6.07) is 4.59. The average Bonchev–Trinajstić information content (AvgIpc) is 2.79. The fourth-order valence-electron chi connectivity index (χ4n) is 1.64. The van der Waals surface area contributed by atoms with E-state index in [4.69, 9.17) is 11.6 Å². The van der Waals surface area contributed by atoms with Crippen LogP contribution in [0, 0.1) is 0 Å². The van der Waals surface area contributed by atoms with Gasteiger partial charge in [-0.1, -0.05) is 11.6 Å². The lowest BCUT2D eigenvalue weighted by atomic mass is 10.3. The van der Waals surface area contributed by atoms with Crippen molar-refractivity contribution in [3.8, 4) is 0 Å². The van der Waals surface area contributed by atoms with Crippen LogP contribution < -0.4 is 16.6 Å². The Hall–Kier alpha value is -1.86. The first kappa shape index (κ1) is 14.5. The molecule has 2 aromatic heterocycles. The lowest BCUT2D eigenvalue weighted by molar-refractivity contribution is -0.122. The normalized spacial score (nSPS) is 12.1. The quantitative estimate of drug-likeness (QED) is 0.887. The molecule has 2 N–H and O–H groups in total. The minimum Gasteiger partial charge on any atom is -0.347 e. The second-order valence-corrected chi connectivity index (χ2v) is 5.92. The predicted octanol–water partition coefficient (Wildman–Crippen LogP) is 1.13. The number of carbonyl (C=O) groups excluding carboxylic acids is 1. The molecule has 8 heteroatoms. The number of carbonyl (C=O) groups is 1. The van der Waals surface area contributed by atoms with Crippen LogP contribution in [0.5, 0.6) is 0 Å². The molecule has 0 aliphatic carbocycles. The summed E-state index contributed by atoms with van der Waals surface area (Å²) in [5.74, 6) is -0.323. The third-order valence-corrected chi connectivity index (χ3v) is 4.02. The number of thiophene rings is 1. The lowest BCUT2D eigenvalue weighted by Crippen LogP contribution is -2.36. The Labute approximate surface area is 123 Å². The van der Waals surface area contributed by atoms with Gasteiger partial charge in [-0.3, -0.25) is 19.1 Å². The number of nitrogens with one attached hydrogen (secondary N) is 2. The van der Waals surface area contributed by atoms with Gasteiger partial charge in [0.2, 0.25) is 5.91 Å². The summed E-state index contributed by atoms with van der Waals surface area (Å²) in [6.45, 7) is 1.68. The van der Waals surface area contributed by atoms with Crippen LogP contribution in [0.25, 0.3) is 0 Å². The fourth-order valence-corrected chi connectivity index (χ4v) is 2.71. The van der Waals surface area contributed by atoms with Crippen molar-refractivity contribution in [1.82, 2.24) is 14.9 Å². The van der Waals surface area contributed by atoms with E-state index in [1.165, 1.54) is 23.6 Å². The molecule has 0 bridgehead atoms. The van der Waals surface area contributed by atoms with E-state index in [1.807, 2.05) is 13.0 Å². The Kier molecular flexibility index (Phi) is 4.41. The molecule has 2 aromatic rings. The van der Waals surface area contributed by atoms with Crippen LogP contribution in [-0.2, 0) is 11.3 Å². The average molecular weight is 314 g/mol. The monoisotopic (exact) mass is 313 g/mol. The number of aromatic nitrogens is 2. The van der Waals surface area contributed by atoms with E-state index < -0.39 is 11.2 Å². The summed E-state index contributed by atoms with van der Waals surface area (Å²) >= 11 is 7.22. The van der Waals surface area contributed by atoms with Gasteiger partial charge in [-0.05, 0) is 19.1 Å². The molecule has 0 aliphatic heterocycles. The van der Waals surface area contributed by atoms with E-state index >= 15 is 0 Å². The van der Waals surface area contributed by atoms with E-state index in [0.717, 1.165) is 9.44 Å². The zero-order chi connectivity index (χ0) is 14.7. The maximum absolute atomic E-state index is 11.8. The molecule has 6 nitrogen and oxygen atoms in total. The molecule has 0 saturated heterocycles. The van der Waals surface area contributed by atoms with Gasteiger partial charge in [0, 0.05) is 17.1 Å². The molecule has 0 saturated carbocycles. The van der Waals surface area contributed by atoms with Crippen molar-refractivity contribution in [2.24, 2.45) is 0 Å². The minimum absolute atomic E-state index is 0.154. The first-order valence-corrected chi connectivity index (χ1v) is 6.99. The van der Waals surface area contributed by atoms with Gasteiger partial charge in [0.15, 0.2) is 0 Å². The molecule has 1 atom stereocenters. The molecule has 0 aromatic carbocycles. The third kappa shape index (κ3) is 3.58. The number of hydrogen-bond donors (Lipinski definition) is 2.